The van der Waals surface area contributed by atoms with Crippen molar-refractivity contribution in [3.8, 4) is 40.4 Å². The van der Waals surface area contributed by atoms with Crippen molar-refractivity contribution in [3.05, 3.63) is 66.0 Å². The third-order valence-electron chi connectivity index (χ3n) is 5.25. The third kappa shape index (κ3) is 4.69. The normalized spacial score (nSPS) is 12.0. The molecule has 10 heteroatoms. The number of hydrogen-bond donors (Lipinski definition) is 3. The summed E-state index contributed by atoms with van der Waals surface area (Å²) in [4.78, 5) is 9.10. The lowest BCUT2D eigenvalue weighted by Crippen LogP contribution is -2.10. The standard InChI is InChI=1S/C24H24N6O3S/c1-15(2)34(31,32)19-8-9-20(18(10-19)11-25)21-13-27-14-22(28-21)24-30-29-23(33-24)17-6-4-16(5-7-17)12-26-3/h4-10,13-15,26,31-32H,12H2,1-3H3. The van der Waals surface area contributed by atoms with Crippen LogP contribution in [0.4, 0.5) is 0 Å². The number of nitrogens with zero attached hydrogens (tertiary/aromatic N) is 5. The molecule has 0 aliphatic heterocycles. The Balaban J connectivity index is 1.65. The van der Waals surface area contributed by atoms with Gasteiger partial charge < -0.3 is 9.73 Å². The van der Waals surface area contributed by atoms with E-state index >= 15 is 0 Å². The van der Waals surface area contributed by atoms with Crippen LogP contribution in [0, 0.1) is 11.3 Å². The van der Waals surface area contributed by atoms with Crippen LogP contribution >= 0.6 is 10.6 Å². The van der Waals surface area contributed by atoms with Gasteiger partial charge in [0, 0.05) is 22.9 Å². The SMILES string of the molecule is CNCc1ccc(-c2nnc(-c3cncc(-c4ccc(S(O)(O)C(C)C)cc4C#N)n3)o2)cc1. The third-order valence-corrected chi connectivity index (χ3v) is 7.51. The fourth-order valence-electron chi connectivity index (χ4n) is 3.31. The Labute approximate surface area is 198 Å². The van der Waals surface area contributed by atoms with E-state index in [1.54, 1.807) is 26.0 Å². The molecule has 34 heavy (non-hydrogen) atoms. The van der Waals surface area contributed by atoms with Gasteiger partial charge in [-0.1, -0.05) is 12.1 Å². The summed E-state index contributed by atoms with van der Waals surface area (Å²) in [6.07, 6.45) is 3.03. The summed E-state index contributed by atoms with van der Waals surface area (Å²) in [6, 6.07) is 14.6. The second-order valence-corrected chi connectivity index (χ2v) is 10.5. The topological polar surface area (TPSA) is 141 Å². The first-order valence-corrected chi connectivity index (χ1v) is 12.2. The lowest BCUT2D eigenvalue weighted by Gasteiger charge is -2.36. The van der Waals surface area contributed by atoms with Crippen LogP contribution in [0.15, 0.2) is 64.2 Å². The molecular weight excluding hydrogens is 452 g/mol. The number of nitrogens with one attached hydrogen (secondary N) is 1. The van der Waals surface area contributed by atoms with Crippen LogP contribution in [0.5, 0.6) is 0 Å². The largest absolute Gasteiger partial charge is 0.415 e. The van der Waals surface area contributed by atoms with Gasteiger partial charge in [0.1, 0.15) is 5.69 Å². The summed E-state index contributed by atoms with van der Waals surface area (Å²) in [6.45, 7) is 4.21. The maximum Gasteiger partial charge on any atom is 0.268 e. The fourth-order valence-corrected chi connectivity index (χ4v) is 4.41. The first kappa shape index (κ1) is 23.5. The molecule has 0 aliphatic rings. The lowest BCUT2D eigenvalue weighted by atomic mass is 10.1. The maximum absolute atomic E-state index is 10.4. The minimum absolute atomic E-state index is 0.202. The fraction of sp³-hybridized carbons (Fsp3) is 0.208. The van der Waals surface area contributed by atoms with Crippen molar-refractivity contribution in [2.75, 3.05) is 7.05 Å². The average Bonchev–Trinajstić information content (AvgIpc) is 3.35. The highest BCUT2D eigenvalue weighted by molar-refractivity contribution is 8.24. The van der Waals surface area contributed by atoms with Crippen LogP contribution in [0.2, 0.25) is 0 Å². The zero-order chi connectivity index (χ0) is 24.3. The lowest BCUT2D eigenvalue weighted by molar-refractivity contribution is 0.476. The highest BCUT2D eigenvalue weighted by Gasteiger charge is 2.22. The molecule has 2 heterocycles. The van der Waals surface area contributed by atoms with E-state index in [4.69, 9.17) is 4.42 Å². The Bertz CT molecular complexity index is 1350. The van der Waals surface area contributed by atoms with Gasteiger partial charge in [0.2, 0.25) is 5.89 Å². The van der Waals surface area contributed by atoms with Crippen LogP contribution in [0.1, 0.15) is 25.0 Å². The van der Waals surface area contributed by atoms with E-state index in [1.807, 2.05) is 31.3 Å². The van der Waals surface area contributed by atoms with E-state index in [0.717, 1.165) is 17.7 Å². The number of nitriles is 1. The van der Waals surface area contributed by atoms with Crippen molar-refractivity contribution in [1.29, 1.82) is 5.26 Å². The Morgan fingerprint density at radius 2 is 1.74 bits per heavy atom. The van der Waals surface area contributed by atoms with E-state index in [9.17, 15) is 14.4 Å². The molecule has 0 unspecified atom stereocenters. The van der Waals surface area contributed by atoms with Crippen LogP contribution in [-0.4, -0.2) is 41.6 Å². The second kappa shape index (κ2) is 9.70. The van der Waals surface area contributed by atoms with Crippen LogP contribution in [0.3, 0.4) is 0 Å². The molecule has 0 atom stereocenters. The molecule has 4 aromatic rings. The Hall–Kier alpha value is -3.62. The van der Waals surface area contributed by atoms with Gasteiger partial charge >= 0.3 is 0 Å². The highest BCUT2D eigenvalue weighted by atomic mass is 32.3. The number of hydrogen-bond acceptors (Lipinski definition) is 9. The predicted molar refractivity (Wildman–Crippen MR) is 130 cm³/mol. The first-order chi connectivity index (χ1) is 16.3. The molecule has 0 saturated carbocycles. The monoisotopic (exact) mass is 476 g/mol. The van der Waals surface area contributed by atoms with Crippen LogP contribution in [0.25, 0.3) is 34.3 Å². The van der Waals surface area contributed by atoms with Gasteiger partial charge in [0.25, 0.3) is 5.89 Å². The highest BCUT2D eigenvalue weighted by Crippen LogP contribution is 2.52. The van der Waals surface area contributed by atoms with Crippen molar-refractivity contribution in [2.45, 2.75) is 30.5 Å². The molecule has 0 amide bonds. The molecule has 2 aromatic heterocycles. The molecule has 174 valence electrons. The van der Waals surface area contributed by atoms with E-state index in [0.29, 0.717) is 27.7 Å². The van der Waals surface area contributed by atoms with Crippen molar-refractivity contribution < 1.29 is 13.5 Å². The van der Waals surface area contributed by atoms with E-state index < -0.39 is 10.6 Å². The molecule has 9 nitrogen and oxygen atoms in total. The molecule has 0 saturated heterocycles. The molecule has 4 rings (SSSR count). The molecule has 0 spiro atoms. The molecule has 0 bridgehead atoms. The molecule has 3 N–H and O–H groups in total. The van der Waals surface area contributed by atoms with E-state index in [-0.39, 0.29) is 16.7 Å². The number of benzene rings is 2. The van der Waals surface area contributed by atoms with E-state index in [2.05, 4.69) is 31.6 Å². The average molecular weight is 477 g/mol. The van der Waals surface area contributed by atoms with Crippen molar-refractivity contribution in [3.63, 3.8) is 0 Å². The Kier molecular flexibility index (Phi) is 6.72. The molecular formula is C24H24N6O3S. The van der Waals surface area contributed by atoms with Gasteiger partial charge in [-0.05, 0) is 56.8 Å². The zero-order valence-corrected chi connectivity index (χ0v) is 19.7. The number of rotatable bonds is 7. The molecule has 0 radical (unpaired) electrons. The van der Waals surface area contributed by atoms with Crippen LogP contribution in [-0.2, 0) is 6.54 Å². The van der Waals surface area contributed by atoms with E-state index in [1.165, 1.54) is 18.5 Å². The van der Waals surface area contributed by atoms with Gasteiger partial charge in [0.15, 0.2) is 0 Å². The second-order valence-electron chi connectivity index (χ2n) is 7.89. The summed E-state index contributed by atoms with van der Waals surface area (Å²) in [5, 5.41) is 20.6. The van der Waals surface area contributed by atoms with Gasteiger partial charge in [-0.15, -0.1) is 10.2 Å². The minimum atomic E-state index is -3.01. The summed E-state index contributed by atoms with van der Waals surface area (Å²) < 4.78 is 26.7. The first-order valence-electron chi connectivity index (χ1n) is 10.5. The predicted octanol–water partition coefficient (Wildman–Crippen LogP) is 4.97. The van der Waals surface area contributed by atoms with Gasteiger partial charge in [-0.25, -0.2) is 4.98 Å². The Morgan fingerprint density at radius 1 is 1.03 bits per heavy atom. The quantitative estimate of drug-likeness (QED) is 0.337. The van der Waals surface area contributed by atoms with Crippen molar-refractivity contribution >= 4 is 10.6 Å². The minimum Gasteiger partial charge on any atom is -0.415 e. The number of aromatic nitrogens is 4. The van der Waals surface area contributed by atoms with Gasteiger partial charge in [-0.2, -0.15) is 15.9 Å². The maximum atomic E-state index is 10.4. The van der Waals surface area contributed by atoms with Crippen molar-refractivity contribution in [2.24, 2.45) is 0 Å². The summed E-state index contributed by atoms with van der Waals surface area (Å²) in [5.74, 6) is 0.562. The molecule has 0 fully saturated rings. The zero-order valence-electron chi connectivity index (χ0n) is 18.9. The smallest absolute Gasteiger partial charge is 0.268 e. The van der Waals surface area contributed by atoms with Gasteiger partial charge in [-0.3, -0.25) is 14.1 Å². The molecule has 0 aliphatic carbocycles. The molecule has 2 aromatic carbocycles. The van der Waals surface area contributed by atoms with Crippen molar-refractivity contribution in [1.82, 2.24) is 25.5 Å². The Morgan fingerprint density at radius 3 is 2.41 bits per heavy atom. The van der Waals surface area contributed by atoms with Gasteiger partial charge in [0.05, 0.1) is 34.6 Å². The van der Waals surface area contributed by atoms with Crippen LogP contribution < -0.4 is 5.32 Å². The summed E-state index contributed by atoms with van der Waals surface area (Å²) >= 11 is 0. The summed E-state index contributed by atoms with van der Waals surface area (Å²) in [7, 11) is -1.12. The summed E-state index contributed by atoms with van der Waals surface area (Å²) in [5.41, 5.74) is 3.49.